The summed E-state index contributed by atoms with van der Waals surface area (Å²) in [7, 11) is -3.80. The van der Waals surface area contributed by atoms with Crippen molar-refractivity contribution >= 4 is 43.6 Å². The third-order valence-corrected chi connectivity index (χ3v) is 6.98. The summed E-state index contributed by atoms with van der Waals surface area (Å²) in [6.07, 6.45) is 0.156. The van der Waals surface area contributed by atoms with Crippen molar-refractivity contribution in [1.82, 2.24) is 20.1 Å². The Balaban J connectivity index is 1.72. The van der Waals surface area contributed by atoms with Gasteiger partial charge in [0, 0.05) is 19.6 Å². The highest BCUT2D eigenvalue weighted by molar-refractivity contribution is 9.10. The normalized spacial score (nSPS) is 20.2. The van der Waals surface area contributed by atoms with Gasteiger partial charge in [0.15, 0.2) is 11.5 Å². The highest BCUT2D eigenvalue weighted by atomic mass is 79.9. The summed E-state index contributed by atoms with van der Waals surface area (Å²) in [4.78, 5) is 4.20. The molecule has 1 aromatic carbocycles. The van der Waals surface area contributed by atoms with Crippen LogP contribution in [0, 0.1) is 11.2 Å². The standard InChI is InChI=1S/C18H24BrFN6O5S/c1-11(2)30-32(28,29)26-7-6-18(3,10-26)9-21-16-15(24-31-25-16)17(23-27)22-12-4-5-14(20)13(19)8-12/h4-5,8,11,27H,6-7,9-10H2,1-3H3,(H,21,25)(H,22,23). The monoisotopic (exact) mass is 534 g/mol. The number of hydrogen-bond acceptors (Lipinski definition) is 9. The lowest BCUT2D eigenvalue weighted by Gasteiger charge is -2.25. The van der Waals surface area contributed by atoms with E-state index in [1.165, 1.54) is 22.5 Å². The number of aliphatic imine (C=N–C) groups is 1. The number of benzene rings is 1. The fourth-order valence-electron chi connectivity index (χ4n) is 3.19. The highest BCUT2D eigenvalue weighted by Crippen LogP contribution is 2.32. The van der Waals surface area contributed by atoms with Crippen molar-refractivity contribution in [3.63, 3.8) is 0 Å². The molecule has 0 amide bonds. The summed E-state index contributed by atoms with van der Waals surface area (Å²) in [5.74, 6) is -0.321. The minimum absolute atomic E-state index is 0.0710. The number of hydrogen-bond donors (Lipinski definition) is 3. The van der Waals surface area contributed by atoms with Crippen LogP contribution in [0.15, 0.2) is 32.3 Å². The number of aromatic nitrogens is 2. The fraction of sp³-hybridized carbons (Fsp3) is 0.500. The zero-order chi connectivity index (χ0) is 23.5. The molecule has 0 saturated carbocycles. The first kappa shape index (κ1) is 24.5. The number of rotatable bonds is 8. The van der Waals surface area contributed by atoms with Crippen molar-refractivity contribution in [2.24, 2.45) is 10.4 Å². The van der Waals surface area contributed by atoms with Crippen LogP contribution in [-0.2, 0) is 14.5 Å². The molecule has 11 nitrogen and oxygen atoms in total. The van der Waals surface area contributed by atoms with E-state index in [1.54, 1.807) is 13.8 Å². The molecule has 1 atom stereocenters. The van der Waals surface area contributed by atoms with E-state index >= 15 is 0 Å². The molecule has 176 valence electrons. The molecule has 3 N–H and O–H groups in total. The highest BCUT2D eigenvalue weighted by Gasteiger charge is 2.40. The molecule has 32 heavy (non-hydrogen) atoms. The van der Waals surface area contributed by atoms with Crippen LogP contribution < -0.4 is 10.8 Å². The van der Waals surface area contributed by atoms with Crippen molar-refractivity contribution in [3.05, 3.63) is 34.2 Å². The summed E-state index contributed by atoms with van der Waals surface area (Å²) >= 11 is 3.08. The van der Waals surface area contributed by atoms with E-state index in [2.05, 4.69) is 36.6 Å². The molecule has 14 heteroatoms. The Bertz CT molecular complexity index is 1100. The molecule has 1 saturated heterocycles. The molecule has 2 aromatic rings. The van der Waals surface area contributed by atoms with Gasteiger partial charge in [-0.3, -0.25) is 14.9 Å². The topological polar surface area (TPSA) is 142 Å². The fourth-order valence-corrected chi connectivity index (χ4v) is 4.95. The lowest BCUT2D eigenvalue weighted by molar-refractivity contribution is 0.218. The maximum atomic E-state index is 13.4. The Kier molecular flexibility index (Phi) is 7.50. The third-order valence-electron chi connectivity index (χ3n) is 4.80. The Labute approximate surface area is 193 Å². The number of nitrogens with zero attached hydrogens (tertiary/aromatic N) is 4. The largest absolute Gasteiger partial charge is 0.365 e. The van der Waals surface area contributed by atoms with Crippen molar-refractivity contribution in [2.45, 2.75) is 33.3 Å². The maximum Gasteiger partial charge on any atom is 0.338 e. The van der Waals surface area contributed by atoms with Crippen LogP contribution in [-0.4, -0.2) is 59.8 Å². The number of anilines is 1. The summed E-state index contributed by atoms with van der Waals surface area (Å²) in [6, 6.07) is 4.08. The molecule has 1 unspecified atom stereocenters. The average molecular weight is 535 g/mol. The van der Waals surface area contributed by atoms with Gasteiger partial charge in [-0.1, -0.05) is 6.92 Å². The number of hydroxylamine groups is 1. The molecule has 1 fully saturated rings. The predicted molar refractivity (Wildman–Crippen MR) is 117 cm³/mol. The van der Waals surface area contributed by atoms with E-state index in [4.69, 9.17) is 8.81 Å². The summed E-state index contributed by atoms with van der Waals surface area (Å²) in [5.41, 5.74) is 1.98. The van der Waals surface area contributed by atoms with Gasteiger partial charge < -0.3 is 5.32 Å². The smallest absolute Gasteiger partial charge is 0.338 e. The van der Waals surface area contributed by atoms with Crippen LogP contribution in [0.25, 0.3) is 0 Å². The van der Waals surface area contributed by atoms with Gasteiger partial charge in [-0.05, 0) is 70.1 Å². The maximum absolute atomic E-state index is 13.4. The van der Waals surface area contributed by atoms with Crippen molar-refractivity contribution in [1.29, 1.82) is 0 Å². The van der Waals surface area contributed by atoms with E-state index in [9.17, 15) is 18.0 Å². The van der Waals surface area contributed by atoms with Gasteiger partial charge in [0.2, 0.25) is 5.82 Å². The van der Waals surface area contributed by atoms with E-state index in [0.717, 1.165) is 0 Å². The van der Waals surface area contributed by atoms with E-state index in [0.29, 0.717) is 25.2 Å². The molecule has 0 aliphatic carbocycles. The van der Waals surface area contributed by atoms with Gasteiger partial charge in [0.1, 0.15) is 5.82 Å². The van der Waals surface area contributed by atoms with Crippen molar-refractivity contribution in [3.8, 4) is 0 Å². The SMILES string of the molecule is CC(C)OS(=O)(=O)N1CCC(C)(CNc2nonc2C(=Nc2ccc(F)c(Br)c2)NO)C1. The van der Waals surface area contributed by atoms with Crippen LogP contribution in [0.4, 0.5) is 15.9 Å². The predicted octanol–water partition coefficient (Wildman–Crippen LogP) is 2.82. The van der Waals surface area contributed by atoms with Gasteiger partial charge in [0.25, 0.3) is 0 Å². The number of halogens is 2. The molecule has 3 rings (SSSR count). The molecule has 0 bridgehead atoms. The second-order valence-electron chi connectivity index (χ2n) is 7.98. The number of nitrogens with one attached hydrogen (secondary N) is 2. The molecule has 1 aliphatic heterocycles. The summed E-state index contributed by atoms with van der Waals surface area (Å²) in [5, 5.41) is 20.2. The van der Waals surface area contributed by atoms with Gasteiger partial charge >= 0.3 is 10.3 Å². The third kappa shape index (κ3) is 5.81. The van der Waals surface area contributed by atoms with Crippen molar-refractivity contribution < 1.29 is 26.8 Å². The van der Waals surface area contributed by atoms with Gasteiger partial charge in [0.05, 0.1) is 16.3 Å². The lowest BCUT2D eigenvalue weighted by Crippen LogP contribution is -2.36. The van der Waals surface area contributed by atoms with Crippen LogP contribution in [0.5, 0.6) is 0 Å². The second-order valence-corrected chi connectivity index (χ2v) is 10.4. The first-order chi connectivity index (χ1) is 15.0. The summed E-state index contributed by atoms with van der Waals surface area (Å²) in [6.45, 7) is 6.20. The number of amidine groups is 1. The van der Waals surface area contributed by atoms with E-state index in [1.807, 2.05) is 12.4 Å². The zero-order valence-corrected chi connectivity index (χ0v) is 20.1. The summed E-state index contributed by atoms with van der Waals surface area (Å²) < 4.78 is 49.5. The molecular formula is C18H24BrFN6O5S. The van der Waals surface area contributed by atoms with Gasteiger partial charge in [-0.2, -0.15) is 12.7 Å². The lowest BCUT2D eigenvalue weighted by atomic mass is 9.90. The first-order valence-corrected chi connectivity index (χ1v) is 11.9. The molecule has 1 aliphatic rings. The minimum Gasteiger partial charge on any atom is -0.365 e. The van der Waals surface area contributed by atoms with Gasteiger partial charge in [-0.15, -0.1) is 0 Å². The quantitative estimate of drug-likeness (QED) is 0.264. The molecule has 0 spiro atoms. The van der Waals surface area contributed by atoms with E-state index < -0.39 is 27.6 Å². The Morgan fingerprint density at radius 2 is 2.22 bits per heavy atom. The van der Waals surface area contributed by atoms with Crippen LogP contribution >= 0.6 is 15.9 Å². The molecule has 2 heterocycles. The Morgan fingerprint density at radius 1 is 1.47 bits per heavy atom. The Morgan fingerprint density at radius 3 is 2.88 bits per heavy atom. The zero-order valence-electron chi connectivity index (χ0n) is 17.7. The first-order valence-electron chi connectivity index (χ1n) is 9.72. The average Bonchev–Trinajstić information content (AvgIpc) is 3.34. The minimum atomic E-state index is -3.80. The van der Waals surface area contributed by atoms with Crippen LogP contribution in [0.2, 0.25) is 0 Å². The Hall–Kier alpha value is -2.13. The van der Waals surface area contributed by atoms with Gasteiger partial charge in [-0.25, -0.2) is 14.0 Å². The molecule has 0 radical (unpaired) electrons. The van der Waals surface area contributed by atoms with Crippen LogP contribution in [0.3, 0.4) is 0 Å². The van der Waals surface area contributed by atoms with Crippen molar-refractivity contribution in [2.75, 3.05) is 25.0 Å². The van der Waals surface area contributed by atoms with Crippen LogP contribution in [0.1, 0.15) is 32.9 Å². The van der Waals surface area contributed by atoms with E-state index in [-0.39, 0.29) is 28.4 Å². The second kappa shape index (κ2) is 9.79. The molecule has 1 aromatic heterocycles. The molecular weight excluding hydrogens is 511 g/mol.